The van der Waals surface area contributed by atoms with Gasteiger partial charge in [0.25, 0.3) is 10.0 Å². The van der Waals surface area contributed by atoms with Gasteiger partial charge >= 0.3 is 0 Å². The van der Waals surface area contributed by atoms with Gasteiger partial charge in [-0.05, 0) is 53.9 Å². The van der Waals surface area contributed by atoms with Crippen LogP contribution in [0.25, 0.3) is 0 Å². The van der Waals surface area contributed by atoms with E-state index in [1.165, 1.54) is 11.4 Å². The Morgan fingerprint density at radius 3 is 2.31 bits per heavy atom. The number of rotatable bonds is 8. The largest absolute Gasteiger partial charge is 0.497 e. The van der Waals surface area contributed by atoms with Crippen LogP contribution in [0.1, 0.15) is 4.88 Å². The van der Waals surface area contributed by atoms with Crippen LogP contribution in [0.15, 0.2) is 64.9 Å². The Bertz CT molecular complexity index is 1250. The molecule has 0 atom stereocenters. The smallest absolute Gasteiger partial charge is 0.264 e. The first-order chi connectivity index (χ1) is 16.8. The summed E-state index contributed by atoms with van der Waals surface area (Å²) in [7, 11) is 0.853. The lowest BCUT2D eigenvalue weighted by atomic mass is 10.2. The van der Waals surface area contributed by atoms with Crippen LogP contribution < -0.4 is 18.7 Å². The summed E-state index contributed by atoms with van der Waals surface area (Å²) >= 11 is 1.58. The van der Waals surface area contributed by atoms with Crippen molar-refractivity contribution < 1.29 is 22.7 Å². The molecule has 4 rings (SSSR count). The Hall–Kier alpha value is -3.24. The maximum Gasteiger partial charge on any atom is 0.264 e. The number of sulfonamides is 1. The maximum atomic E-state index is 13.4. The van der Waals surface area contributed by atoms with Gasteiger partial charge in [-0.3, -0.25) is 9.10 Å². The summed E-state index contributed by atoms with van der Waals surface area (Å²) in [5, 5.41) is 1.97. The zero-order valence-electron chi connectivity index (χ0n) is 20.0. The topological polar surface area (TPSA) is 79.4 Å². The van der Waals surface area contributed by atoms with E-state index in [0.29, 0.717) is 55.5 Å². The minimum Gasteiger partial charge on any atom is -0.497 e. The highest BCUT2D eigenvalue weighted by Gasteiger charge is 2.27. The molecule has 35 heavy (non-hydrogen) atoms. The third-order valence-corrected chi connectivity index (χ3v) is 8.78. The first-order valence-electron chi connectivity index (χ1n) is 11.2. The van der Waals surface area contributed by atoms with Crippen LogP contribution >= 0.6 is 11.3 Å². The second kappa shape index (κ2) is 10.6. The van der Waals surface area contributed by atoms with E-state index in [9.17, 15) is 13.2 Å². The van der Waals surface area contributed by atoms with E-state index in [2.05, 4.69) is 4.90 Å². The summed E-state index contributed by atoms with van der Waals surface area (Å²) in [6, 6.07) is 15.7. The van der Waals surface area contributed by atoms with Crippen molar-refractivity contribution in [1.82, 2.24) is 4.90 Å². The Balaban J connectivity index is 1.51. The van der Waals surface area contributed by atoms with Crippen molar-refractivity contribution in [3.8, 4) is 11.5 Å². The molecule has 10 heteroatoms. The van der Waals surface area contributed by atoms with Crippen molar-refractivity contribution in [2.75, 3.05) is 56.7 Å². The van der Waals surface area contributed by atoms with Gasteiger partial charge in [0.05, 0.1) is 36.9 Å². The van der Waals surface area contributed by atoms with Crippen LogP contribution in [0.5, 0.6) is 11.5 Å². The minimum absolute atomic E-state index is 0.108. The highest BCUT2D eigenvalue weighted by atomic mass is 32.2. The number of amides is 1. The standard InChI is InChI=1S/C25H29N3O5S2/c1-26(19-6-8-20(32-2)9-7-19)35(30,31)22-10-11-24(33-3)23(18-22)27-12-14-28(15-13-27)25(29)17-21-5-4-16-34-21/h4-11,16,18H,12-15,17H2,1-3H3. The molecule has 0 N–H and O–H groups in total. The predicted molar refractivity (Wildman–Crippen MR) is 138 cm³/mol. The van der Waals surface area contributed by atoms with Gasteiger partial charge in [-0.2, -0.15) is 0 Å². The molecule has 0 spiro atoms. The fourth-order valence-corrected chi connectivity index (χ4v) is 5.95. The van der Waals surface area contributed by atoms with Gasteiger partial charge in [-0.25, -0.2) is 8.42 Å². The molecule has 186 valence electrons. The monoisotopic (exact) mass is 515 g/mol. The average molecular weight is 516 g/mol. The van der Waals surface area contributed by atoms with Gasteiger partial charge in [0, 0.05) is 38.1 Å². The number of benzene rings is 2. The summed E-state index contributed by atoms with van der Waals surface area (Å²) in [6.45, 7) is 2.31. The lowest BCUT2D eigenvalue weighted by Crippen LogP contribution is -2.49. The second-order valence-electron chi connectivity index (χ2n) is 8.13. The van der Waals surface area contributed by atoms with Crippen LogP contribution in [0, 0.1) is 0 Å². The molecule has 1 fully saturated rings. The fourth-order valence-electron chi connectivity index (χ4n) is 4.04. The number of ether oxygens (including phenoxy) is 2. The Morgan fingerprint density at radius 1 is 1.00 bits per heavy atom. The molecule has 0 bridgehead atoms. The first kappa shape index (κ1) is 24.9. The summed E-state index contributed by atoms with van der Waals surface area (Å²) < 4.78 is 38.7. The van der Waals surface area contributed by atoms with Crippen LogP contribution in [-0.4, -0.2) is 66.7 Å². The first-order valence-corrected chi connectivity index (χ1v) is 13.5. The van der Waals surface area contributed by atoms with Gasteiger partial charge in [-0.1, -0.05) is 6.07 Å². The molecule has 3 aromatic rings. The zero-order valence-corrected chi connectivity index (χ0v) is 21.6. The van der Waals surface area contributed by atoms with Crippen LogP contribution in [-0.2, 0) is 21.2 Å². The zero-order chi connectivity index (χ0) is 25.0. The third kappa shape index (κ3) is 5.38. The summed E-state index contributed by atoms with van der Waals surface area (Å²) in [5.74, 6) is 1.35. The van der Waals surface area contributed by atoms with Gasteiger partial charge in [0.15, 0.2) is 0 Å². The van der Waals surface area contributed by atoms with Crippen molar-refractivity contribution in [3.63, 3.8) is 0 Å². The lowest BCUT2D eigenvalue weighted by molar-refractivity contribution is -0.130. The van der Waals surface area contributed by atoms with Crippen LogP contribution in [0.4, 0.5) is 11.4 Å². The van der Waals surface area contributed by atoms with Gasteiger partial charge in [0.1, 0.15) is 11.5 Å². The lowest BCUT2D eigenvalue weighted by Gasteiger charge is -2.37. The number of anilines is 2. The molecule has 0 unspecified atom stereocenters. The molecule has 1 amide bonds. The number of hydrogen-bond acceptors (Lipinski definition) is 7. The second-order valence-corrected chi connectivity index (χ2v) is 11.1. The molecule has 0 saturated carbocycles. The van der Waals surface area contributed by atoms with E-state index in [1.807, 2.05) is 22.4 Å². The van der Waals surface area contributed by atoms with E-state index in [-0.39, 0.29) is 10.8 Å². The summed E-state index contributed by atoms with van der Waals surface area (Å²) in [6.07, 6.45) is 0.409. The third-order valence-electron chi connectivity index (χ3n) is 6.12. The number of methoxy groups -OCH3 is 2. The molecule has 1 aliphatic rings. The van der Waals surface area contributed by atoms with E-state index in [0.717, 1.165) is 4.88 Å². The normalized spacial score (nSPS) is 14.0. The quantitative estimate of drug-likeness (QED) is 0.457. The van der Waals surface area contributed by atoms with E-state index >= 15 is 0 Å². The van der Waals surface area contributed by atoms with Crippen molar-refractivity contribution >= 4 is 38.6 Å². The Kier molecular flexibility index (Phi) is 7.51. The van der Waals surface area contributed by atoms with Crippen molar-refractivity contribution in [3.05, 3.63) is 64.9 Å². The number of hydrogen-bond donors (Lipinski definition) is 0. The predicted octanol–water partition coefficient (Wildman–Crippen LogP) is 3.48. The van der Waals surface area contributed by atoms with E-state index < -0.39 is 10.0 Å². The SMILES string of the molecule is COc1ccc(N(C)S(=O)(=O)c2ccc(OC)c(N3CCN(C(=O)Cc4cccs4)CC3)c2)cc1. The summed E-state index contributed by atoms with van der Waals surface area (Å²) in [4.78, 5) is 17.8. The van der Waals surface area contributed by atoms with E-state index in [1.54, 1.807) is 68.0 Å². The molecular weight excluding hydrogens is 486 g/mol. The maximum absolute atomic E-state index is 13.4. The van der Waals surface area contributed by atoms with Crippen molar-refractivity contribution in [2.24, 2.45) is 0 Å². The molecule has 0 radical (unpaired) electrons. The highest BCUT2D eigenvalue weighted by Crippen LogP contribution is 2.34. The molecule has 0 aliphatic carbocycles. The van der Waals surface area contributed by atoms with Crippen LogP contribution in [0.3, 0.4) is 0 Å². The van der Waals surface area contributed by atoms with Gasteiger partial charge < -0.3 is 19.3 Å². The molecule has 8 nitrogen and oxygen atoms in total. The number of thiophene rings is 1. The molecular formula is C25H29N3O5S2. The molecule has 1 aromatic heterocycles. The summed E-state index contributed by atoms with van der Waals surface area (Å²) in [5.41, 5.74) is 1.23. The van der Waals surface area contributed by atoms with Crippen LogP contribution in [0.2, 0.25) is 0 Å². The molecule has 2 heterocycles. The van der Waals surface area contributed by atoms with Gasteiger partial charge in [-0.15, -0.1) is 11.3 Å². The fraction of sp³-hybridized carbons (Fsp3) is 0.320. The van der Waals surface area contributed by atoms with Crippen molar-refractivity contribution in [1.29, 1.82) is 0 Å². The molecule has 1 aliphatic heterocycles. The number of carbonyl (C=O) groups is 1. The average Bonchev–Trinajstić information content (AvgIpc) is 3.41. The highest BCUT2D eigenvalue weighted by molar-refractivity contribution is 7.92. The molecule has 1 saturated heterocycles. The molecule has 2 aromatic carbocycles. The number of carbonyl (C=O) groups excluding carboxylic acids is 1. The number of piperazine rings is 1. The van der Waals surface area contributed by atoms with E-state index in [4.69, 9.17) is 9.47 Å². The number of nitrogens with zero attached hydrogens (tertiary/aromatic N) is 3. The van der Waals surface area contributed by atoms with Crippen molar-refractivity contribution in [2.45, 2.75) is 11.3 Å². The Morgan fingerprint density at radius 2 is 1.71 bits per heavy atom. The minimum atomic E-state index is -3.80. The van der Waals surface area contributed by atoms with Gasteiger partial charge in [0.2, 0.25) is 5.91 Å². The Labute approximate surface area is 210 Å².